The van der Waals surface area contributed by atoms with Crippen molar-refractivity contribution in [2.45, 2.75) is 150 Å². The molecule has 12 nitrogen and oxygen atoms in total. The van der Waals surface area contributed by atoms with Crippen molar-refractivity contribution in [1.29, 1.82) is 0 Å². The molecule has 0 spiro atoms. The van der Waals surface area contributed by atoms with Gasteiger partial charge in [0.15, 0.2) is 30.7 Å². The van der Waals surface area contributed by atoms with Gasteiger partial charge >= 0.3 is 29.8 Å². The van der Waals surface area contributed by atoms with Crippen LogP contribution in [0.4, 0.5) is 0 Å². The Balaban J connectivity index is 1.28. The van der Waals surface area contributed by atoms with Crippen LogP contribution in [0.15, 0.2) is 48.5 Å². The SMILES string of the molecule is COC(=O)[C@H]1O[C@@H](O[C@@H]2CC[C@H]3[C@@H]4CCc5cc(OC(=O)c6ccccc6)ccc5[C@H]4CC[C@]23C)[C@H](OC(=O)C(C)(C)C)[C@@H](OC(=O)C(C)(C)C)[C@@H]1OC(=O)C(C)(C)C. The summed E-state index contributed by atoms with van der Waals surface area (Å²) in [5.41, 5.74) is -0.318. The number of carbonyl (C=O) groups is 5. The van der Waals surface area contributed by atoms with Crippen molar-refractivity contribution in [1.82, 2.24) is 0 Å². The molecule has 2 saturated carbocycles. The van der Waals surface area contributed by atoms with E-state index in [0.717, 1.165) is 32.1 Å². The number of methoxy groups -OCH3 is 1. The first-order valence-electron chi connectivity index (χ1n) is 20.9. The van der Waals surface area contributed by atoms with E-state index in [1.165, 1.54) is 18.2 Å². The number of hydrogen-bond donors (Lipinski definition) is 0. The zero-order valence-corrected chi connectivity index (χ0v) is 36.5. The summed E-state index contributed by atoms with van der Waals surface area (Å²) < 4.78 is 42.5. The largest absolute Gasteiger partial charge is 0.467 e. The number of hydrogen-bond acceptors (Lipinski definition) is 12. The standard InChI is InChI=1S/C47H62O12/c1-44(2,3)41(50)57-34-35(58-42(51)45(4,5)6)37(59-43(52)46(7,8)9)40(56-36(34)39(49)53-11)55-33-22-21-32-31-19-17-27-25-28(54-38(48)26-15-13-12-14-16-26)18-20-29(27)30(31)23-24-47(32,33)10/h12-16,18,20,25,30-37,40H,17,19,21-24H2,1-11H3/t30-,31-,32+,33-,34+,35+,36+,37-,40-,47+/m1/s1. The number of rotatable bonds is 8. The third-order valence-electron chi connectivity index (χ3n) is 12.6. The minimum Gasteiger partial charge on any atom is -0.467 e. The third-order valence-corrected chi connectivity index (χ3v) is 12.6. The van der Waals surface area contributed by atoms with Gasteiger partial charge in [-0.3, -0.25) is 14.4 Å². The van der Waals surface area contributed by atoms with E-state index in [9.17, 15) is 24.0 Å². The van der Waals surface area contributed by atoms with Crippen LogP contribution in [0, 0.1) is 33.5 Å². The lowest BCUT2D eigenvalue weighted by Crippen LogP contribution is -2.65. The monoisotopic (exact) mass is 818 g/mol. The lowest BCUT2D eigenvalue weighted by atomic mass is 9.55. The maximum absolute atomic E-state index is 13.7. The van der Waals surface area contributed by atoms with Crippen molar-refractivity contribution in [3.8, 4) is 5.75 Å². The Bertz CT molecular complexity index is 1900. The highest BCUT2D eigenvalue weighted by Gasteiger charge is 2.61. The van der Waals surface area contributed by atoms with Crippen LogP contribution in [-0.4, -0.2) is 73.8 Å². The Morgan fingerprint density at radius 1 is 0.712 bits per heavy atom. The van der Waals surface area contributed by atoms with E-state index in [-0.39, 0.29) is 17.5 Å². The second-order valence-corrected chi connectivity index (χ2v) is 20.1. The van der Waals surface area contributed by atoms with Gasteiger partial charge in [-0.1, -0.05) is 31.2 Å². The van der Waals surface area contributed by atoms with Crippen LogP contribution in [0.3, 0.4) is 0 Å². The first-order chi connectivity index (χ1) is 27.5. The van der Waals surface area contributed by atoms with Crippen LogP contribution in [-0.2, 0) is 54.0 Å². The summed E-state index contributed by atoms with van der Waals surface area (Å²) in [5.74, 6) is -1.69. The quantitative estimate of drug-likeness (QED) is 0.145. The van der Waals surface area contributed by atoms with E-state index in [2.05, 4.69) is 13.0 Å². The Morgan fingerprint density at radius 2 is 1.31 bits per heavy atom. The van der Waals surface area contributed by atoms with Gasteiger partial charge in [-0.05, 0) is 159 Å². The lowest BCUT2D eigenvalue weighted by Gasteiger charge is -2.52. The lowest BCUT2D eigenvalue weighted by molar-refractivity contribution is -0.320. The van der Waals surface area contributed by atoms with Gasteiger partial charge in [-0.25, -0.2) is 9.59 Å². The normalized spacial score (nSPS) is 30.5. The van der Waals surface area contributed by atoms with E-state index in [1.54, 1.807) is 74.4 Å². The van der Waals surface area contributed by atoms with Crippen LogP contribution in [0.2, 0.25) is 0 Å². The fourth-order valence-corrected chi connectivity index (χ4v) is 9.22. The first kappa shape index (κ1) is 44.3. The molecule has 0 amide bonds. The zero-order valence-electron chi connectivity index (χ0n) is 36.5. The first-order valence-corrected chi connectivity index (χ1v) is 20.9. The van der Waals surface area contributed by atoms with Crippen LogP contribution in [0.25, 0.3) is 0 Å². The molecule has 0 bridgehead atoms. The van der Waals surface area contributed by atoms with Crippen molar-refractivity contribution in [2.75, 3.05) is 7.11 Å². The van der Waals surface area contributed by atoms with E-state index < -0.39 is 70.8 Å². The van der Waals surface area contributed by atoms with Crippen LogP contribution in [0.1, 0.15) is 129 Å². The average Bonchev–Trinajstić information content (AvgIpc) is 3.50. The molecular formula is C47H62O12. The summed E-state index contributed by atoms with van der Waals surface area (Å²) in [6.07, 6.45) is -2.60. The molecule has 0 N–H and O–H groups in total. The number of esters is 5. The van der Waals surface area contributed by atoms with Crippen molar-refractivity contribution >= 4 is 29.8 Å². The fraction of sp³-hybridized carbons (Fsp3) is 0.638. The molecule has 10 atom stereocenters. The molecule has 2 aromatic carbocycles. The molecule has 3 fully saturated rings. The third kappa shape index (κ3) is 9.23. The Kier molecular flexibility index (Phi) is 12.5. The number of fused-ring (bicyclic) bond motifs is 5. The summed E-state index contributed by atoms with van der Waals surface area (Å²) in [6.45, 7) is 17.3. The molecule has 6 rings (SSSR count). The summed E-state index contributed by atoms with van der Waals surface area (Å²) in [6, 6.07) is 15.0. The topological polar surface area (TPSA) is 150 Å². The van der Waals surface area contributed by atoms with Crippen molar-refractivity contribution in [2.24, 2.45) is 33.5 Å². The molecule has 1 aliphatic heterocycles. The van der Waals surface area contributed by atoms with E-state index in [4.69, 9.17) is 33.2 Å². The number of benzene rings is 2. The molecule has 0 unspecified atom stereocenters. The molecule has 12 heteroatoms. The Morgan fingerprint density at radius 3 is 1.90 bits per heavy atom. The highest BCUT2D eigenvalue weighted by atomic mass is 16.7. The molecule has 4 aliphatic rings. The van der Waals surface area contributed by atoms with Crippen LogP contribution in [0.5, 0.6) is 5.75 Å². The molecular weight excluding hydrogens is 757 g/mol. The van der Waals surface area contributed by atoms with Gasteiger partial charge in [0, 0.05) is 0 Å². The Labute approximate surface area is 348 Å². The smallest absolute Gasteiger partial charge is 0.343 e. The summed E-state index contributed by atoms with van der Waals surface area (Å²) >= 11 is 0. The second kappa shape index (κ2) is 16.6. The minimum absolute atomic E-state index is 0.292. The van der Waals surface area contributed by atoms with E-state index in [1.807, 2.05) is 30.3 Å². The van der Waals surface area contributed by atoms with E-state index in [0.29, 0.717) is 35.5 Å². The van der Waals surface area contributed by atoms with Crippen molar-refractivity contribution in [3.05, 3.63) is 65.2 Å². The highest BCUT2D eigenvalue weighted by molar-refractivity contribution is 5.91. The summed E-state index contributed by atoms with van der Waals surface area (Å²) in [5, 5.41) is 0. The van der Waals surface area contributed by atoms with Gasteiger partial charge in [-0.15, -0.1) is 0 Å². The summed E-state index contributed by atoms with van der Waals surface area (Å²) in [7, 11) is 1.19. The van der Waals surface area contributed by atoms with Crippen molar-refractivity contribution < 1.29 is 57.1 Å². The van der Waals surface area contributed by atoms with Gasteiger partial charge in [-0.2, -0.15) is 0 Å². The zero-order chi connectivity index (χ0) is 43.2. The summed E-state index contributed by atoms with van der Waals surface area (Å²) in [4.78, 5) is 67.1. The average molecular weight is 819 g/mol. The fourth-order valence-electron chi connectivity index (χ4n) is 9.22. The molecule has 2 aromatic rings. The van der Waals surface area contributed by atoms with E-state index >= 15 is 0 Å². The molecule has 0 aromatic heterocycles. The number of carbonyl (C=O) groups excluding carboxylic acids is 5. The maximum Gasteiger partial charge on any atom is 0.343 e. The van der Waals surface area contributed by atoms with Gasteiger partial charge in [0.25, 0.3) is 0 Å². The molecule has 1 saturated heterocycles. The van der Waals surface area contributed by atoms with Gasteiger partial charge in [0.1, 0.15) is 5.75 Å². The number of ether oxygens (including phenoxy) is 7. The molecule has 322 valence electrons. The molecule has 59 heavy (non-hydrogen) atoms. The minimum atomic E-state index is -1.56. The molecule has 3 aliphatic carbocycles. The van der Waals surface area contributed by atoms with Gasteiger partial charge in [0.05, 0.1) is 35.0 Å². The molecule has 1 heterocycles. The highest BCUT2D eigenvalue weighted by Crippen LogP contribution is 2.62. The van der Waals surface area contributed by atoms with Crippen LogP contribution < -0.4 is 4.74 Å². The van der Waals surface area contributed by atoms with Crippen LogP contribution >= 0.6 is 0 Å². The second-order valence-electron chi connectivity index (χ2n) is 20.1. The van der Waals surface area contributed by atoms with Crippen molar-refractivity contribution in [3.63, 3.8) is 0 Å². The number of aryl methyl sites for hydroxylation is 1. The predicted molar refractivity (Wildman–Crippen MR) is 216 cm³/mol. The maximum atomic E-state index is 13.7. The predicted octanol–water partition coefficient (Wildman–Crippen LogP) is 7.92. The molecule has 0 radical (unpaired) electrons. The van der Waals surface area contributed by atoms with Gasteiger partial charge < -0.3 is 33.2 Å². The van der Waals surface area contributed by atoms with Gasteiger partial charge in [0.2, 0.25) is 0 Å². The Hall–Kier alpha value is -4.29.